The Morgan fingerprint density at radius 3 is 2.32 bits per heavy atom. The van der Waals surface area contributed by atoms with Crippen LogP contribution in [0, 0.1) is 0 Å². The molecule has 1 aliphatic heterocycles. The number of nitrogens with one attached hydrogen (secondary N) is 1. The van der Waals surface area contributed by atoms with Gasteiger partial charge in [-0.2, -0.15) is 0 Å². The van der Waals surface area contributed by atoms with Gasteiger partial charge in [-0.1, -0.05) is 55.5 Å². The van der Waals surface area contributed by atoms with Gasteiger partial charge in [0.15, 0.2) is 11.6 Å². The monoisotopic (exact) mass is 464 g/mol. The quantitative estimate of drug-likeness (QED) is 0.456. The van der Waals surface area contributed by atoms with Gasteiger partial charge in [0.2, 0.25) is 0 Å². The Morgan fingerprint density at radius 2 is 1.65 bits per heavy atom. The molecule has 2 aromatic rings. The molecule has 1 aliphatic carbocycles. The molecule has 0 amide bonds. The number of benzene rings is 2. The molecular formula is C21H19N2Na3O4S. The minimum absolute atomic E-state index is 0. The third kappa shape index (κ3) is 5.09. The topological polar surface area (TPSA) is 111 Å². The number of Topliss-reactive ketones (excluding diaryl/α,β-unsaturated/α-hetero) is 1. The van der Waals surface area contributed by atoms with Gasteiger partial charge in [-0.05, 0) is 36.6 Å². The number of amidine groups is 1. The van der Waals surface area contributed by atoms with E-state index in [1.165, 1.54) is 6.07 Å². The van der Waals surface area contributed by atoms with E-state index in [1.807, 2.05) is 6.92 Å². The number of hydrogen-bond donors (Lipinski definition) is 1. The van der Waals surface area contributed by atoms with Gasteiger partial charge in [-0.15, -0.1) is 0 Å². The Kier molecular flexibility index (Phi) is 10.6. The molecule has 31 heavy (non-hydrogen) atoms. The molecule has 146 valence electrons. The molecule has 0 spiro atoms. The van der Waals surface area contributed by atoms with Crippen molar-refractivity contribution in [3.63, 3.8) is 0 Å². The van der Waals surface area contributed by atoms with Crippen LogP contribution in [0.4, 0.5) is 5.69 Å². The number of carbonyl (C=O) groups excluding carboxylic acids is 1. The number of ketones is 1. The number of carbonyl (C=O) groups is 1. The van der Waals surface area contributed by atoms with Gasteiger partial charge in [-0.25, -0.2) is 4.40 Å². The molecule has 0 saturated carbocycles. The second-order valence-electron chi connectivity index (χ2n) is 7.20. The summed E-state index contributed by atoms with van der Waals surface area (Å²) in [5.74, 6) is -1.11. The summed E-state index contributed by atoms with van der Waals surface area (Å²) in [6, 6.07) is 13.3. The molecule has 4 rings (SSSR count). The predicted molar refractivity (Wildman–Crippen MR) is 106 cm³/mol. The molecule has 0 radical (unpaired) electrons. The summed E-state index contributed by atoms with van der Waals surface area (Å²) in [6.45, 7) is 3.77. The Bertz CT molecular complexity index is 1060. The summed E-state index contributed by atoms with van der Waals surface area (Å²) in [7, 11) is -4.01. The SMILES string of the molecule is CCCC1(C)C(=O)C(C2=NS([O-])([O-])c3ccccc3N2)=C([O-])c2ccccc21.[Na+].[Na+].[Na+]. The smallest absolute Gasteiger partial charge is 0.871 e. The molecule has 1 N–H and O–H groups in total. The summed E-state index contributed by atoms with van der Waals surface area (Å²) in [4.78, 5) is 13.5. The van der Waals surface area contributed by atoms with E-state index < -0.39 is 27.7 Å². The van der Waals surface area contributed by atoms with E-state index >= 15 is 0 Å². The first kappa shape index (κ1) is 29.4. The average Bonchev–Trinajstić information content (AvgIpc) is 2.67. The molecular weight excluding hydrogens is 445 g/mol. The minimum Gasteiger partial charge on any atom is -0.871 e. The van der Waals surface area contributed by atoms with Crippen molar-refractivity contribution >= 4 is 33.8 Å². The number of sulfonamides is 1. The number of hydrogen-bond acceptors (Lipinski definition) is 6. The normalized spacial score (nSPS) is 21.7. The number of para-hydroxylation sites is 1. The molecule has 1 atom stereocenters. The predicted octanol–water partition coefficient (Wildman–Crippen LogP) is -5.73. The molecule has 0 aromatic heterocycles. The molecule has 0 saturated heterocycles. The average molecular weight is 464 g/mol. The van der Waals surface area contributed by atoms with Gasteiger partial charge in [0.25, 0.3) is 0 Å². The fourth-order valence-electron chi connectivity index (χ4n) is 3.98. The Balaban J connectivity index is 0.00000160. The summed E-state index contributed by atoms with van der Waals surface area (Å²) >= 11 is 0. The Morgan fingerprint density at radius 1 is 1.03 bits per heavy atom. The van der Waals surface area contributed by atoms with E-state index in [0.29, 0.717) is 23.2 Å². The van der Waals surface area contributed by atoms with Crippen LogP contribution in [-0.2, 0) is 10.2 Å². The van der Waals surface area contributed by atoms with Crippen molar-refractivity contribution in [3.05, 3.63) is 65.2 Å². The number of nitrogens with zero attached hydrogens (tertiary/aromatic N) is 1. The van der Waals surface area contributed by atoms with Crippen molar-refractivity contribution in [1.29, 1.82) is 0 Å². The maximum absolute atomic E-state index is 13.5. The van der Waals surface area contributed by atoms with Gasteiger partial charge < -0.3 is 30.3 Å². The van der Waals surface area contributed by atoms with Crippen LogP contribution in [-0.4, -0.2) is 20.7 Å². The first-order chi connectivity index (χ1) is 13.3. The molecule has 0 fully saturated rings. The Hall–Kier alpha value is 0.390. The molecule has 2 aromatic carbocycles. The zero-order chi connectivity index (χ0) is 20.1. The van der Waals surface area contributed by atoms with Crippen LogP contribution >= 0.6 is 10.8 Å². The summed E-state index contributed by atoms with van der Waals surface area (Å²) in [6.07, 6.45) is 1.27. The molecule has 0 bridgehead atoms. The van der Waals surface area contributed by atoms with Crippen molar-refractivity contribution in [2.24, 2.45) is 4.40 Å². The van der Waals surface area contributed by atoms with E-state index in [-0.39, 0.29) is 105 Å². The van der Waals surface area contributed by atoms with Gasteiger partial charge in [0.1, 0.15) is 0 Å². The largest absolute Gasteiger partial charge is 1.00 e. The van der Waals surface area contributed by atoms with Crippen LogP contribution in [0.3, 0.4) is 0 Å². The van der Waals surface area contributed by atoms with Crippen LogP contribution in [0.5, 0.6) is 0 Å². The fraction of sp³-hybridized carbons (Fsp3) is 0.238. The zero-order valence-electron chi connectivity index (χ0n) is 18.5. The first-order valence-corrected chi connectivity index (χ1v) is 10.5. The van der Waals surface area contributed by atoms with Crippen molar-refractivity contribution < 1.29 is 108 Å². The second kappa shape index (κ2) is 11.2. The summed E-state index contributed by atoms with van der Waals surface area (Å²) < 4.78 is 29.0. The van der Waals surface area contributed by atoms with Crippen molar-refractivity contribution in [2.45, 2.75) is 37.0 Å². The van der Waals surface area contributed by atoms with E-state index in [0.717, 1.165) is 6.42 Å². The van der Waals surface area contributed by atoms with Gasteiger partial charge in [0, 0.05) is 4.90 Å². The van der Waals surface area contributed by atoms with Crippen LogP contribution in [0.2, 0.25) is 0 Å². The molecule has 1 heterocycles. The maximum Gasteiger partial charge on any atom is 1.00 e. The van der Waals surface area contributed by atoms with E-state index in [4.69, 9.17) is 0 Å². The second-order valence-corrected chi connectivity index (χ2v) is 8.77. The van der Waals surface area contributed by atoms with Crippen LogP contribution < -0.4 is 99.1 Å². The molecule has 1 unspecified atom stereocenters. The van der Waals surface area contributed by atoms with Crippen LogP contribution in [0.25, 0.3) is 5.76 Å². The molecule has 2 aliphatic rings. The van der Waals surface area contributed by atoms with Gasteiger partial charge in [0.05, 0.1) is 16.7 Å². The van der Waals surface area contributed by atoms with Gasteiger partial charge >= 0.3 is 88.7 Å². The third-order valence-corrected chi connectivity index (χ3v) is 6.67. The zero-order valence-corrected chi connectivity index (χ0v) is 25.3. The van der Waals surface area contributed by atoms with Gasteiger partial charge in [-0.3, -0.25) is 4.79 Å². The summed E-state index contributed by atoms with van der Waals surface area (Å²) in [5, 5.41) is 16.1. The molecule has 6 nitrogen and oxygen atoms in total. The standard InChI is InChI=1S/C21H22N2O4S.3Na/c1-3-12-21(2)14-9-5-4-8-13(14)18(24)17(19(21)25)20-22-15-10-6-7-11-16(15)28(26,27)23-20;;;/h4-11,24,26-27H,3,12H2,1-2H3,(H,22,23);;;/q;3*+1/p-3. The third-order valence-electron chi connectivity index (χ3n) is 5.34. The maximum atomic E-state index is 13.5. The van der Waals surface area contributed by atoms with Crippen LogP contribution in [0.15, 0.2) is 63.4 Å². The van der Waals surface area contributed by atoms with E-state index in [2.05, 4.69) is 9.71 Å². The van der Waals surface area contributed by atoms with E-state index in [9.17, 15) is 19.0 Å². The Labute approximate surface area is 250 Å². The number of fused-ring (bicyclic) bond motifs is 2. The van der Waals surface area contributed by atoms with E-state index in [1.54, 1.807) is 49.4 Å². The first-order valence-electron chi connectivity index (χ1n) is 9.07. The van der Waals surface area contributed by atoms with Crippen molar-refractivity contribution in [1.82, 2.24) is 0 Å². The molecule has 10 heteroatoms. The minimum atomic E-state index is -4.01. The van der Waals surface area contributed by atoms with Crippen molar-refractivity contribution in [3.8, 4) is 0 Å². The summed E-state index contributed by atoms with van der Waals surface area (Å²) in [5.41, 5.74) is 0.271. The number of rotatable bonds is 3. The number of anilines is 1. The fourth-order valence-corrected chi connectivity index (χ4v) is 5.11. The van der Waals surface area contributed by atoms with Crippen LogP contribution in [0.1, 0.15) is 37.8 Å². The van der Waals surface area contributed by atoms with Crippen molar-refractivity contribution in [2.75, 3.05) is 5.32 Å².